The molecule has 6 heteroatoms. The number of nitrogens with one attached hydrogen (secondary N) is 2. The number of carbonyl (C=O) groups is 1. The molecular weight excluding hydrogens is 394 g/mol. The molecule has 0 aliphatic rings. The zero-order chi connectivity index (χ0) is 21.5. The molecule has 5 nitrogen and oxygen atoms in total. The van der Waals surface area contributed by atoms with E-state index in [0.29, 0.717) is 23.3 Å². The van der Waals surface area contributed by atoms with Crippen LogP contribution in [0.15, 0.2) is 46.9 Å². The van der Waals surface area contributed by atoms with Crippen LogP contribution in [0.25, 0.3) is 22.6 Å². The predicted octanol–water partition coefficient (Wildman–Crippen LogP) is 6.40. The van der Waals surface area contributed by atoms with Gasteiger partial charge in [-0.1, -0.05) is 39.7 Å². The molecule has 0 fully saturated rings. The van der Waals surface area contributed by atoms with Gasteiger partial charge >= 0.3 is 0 Å². The fraction of sp³-hybridized carbons (Fsp3) is 0.375. The SMILES string of the molecule is CCCCCC(=O)NC(=S)Nc1ccc(-c2nc3cc([C@H](C)CC)ccc3o2)cc1. The lowest BCUT2D eigenvalue weighted by Gasteiger charge is -2.09. The molecule has 0 aliphatic carbocycles. The molecule has 0 radical (unpaired) electrons. The van der Waals surface area contributed by atoms with Crippen molar-refractivity contribution in [3.8, 4) is 11.5 Å². The van der Waals surface area contributed by atoms with Crippen molar-refractivity contribution in [2.45, 2.75) is 58.8 Å². The first-order chi connectivity index (χ1) is 14.5. The molecule has 0 aliphatic heterocycles. The summed E-state index contributed by atoms with van der Waals surface area (Å²) in [5, 5.41) is 6.07. The van der Waals surface area contributed by atoms with Gasteiger partial charge in [-0.15, -0.1) is 0 Å². The second kappa shape index (κ2) is 10.3. The summed E-state index contributed by atoms with van der Waals surface area (Å²) >= 11 is 5.23. The minimum Gasteiger partial charge on any atom is -0.436 e. The molecule has 0 saturated carbocycles. The predicted molar refractivity (Wildman–Crippen MR) is 127 cm³/mol. The summed E-state index contributed by atoms with van der Waals surface area (Å²) in [6.07, 6.45) is 4.59. The Bertz CT molecular complexity index is 1010. The van der Waals surface area contributed by atoms with Crippen LogP contribution in [-0.2, 0) is 4.79 Å². The molecular formula is C24H29N3O2S. The lowest BCUT2D eigenvalue weighted by Crippen LogP contribution is -2.33. The molecule has 3 aromatic rings. The zero-order valence-electron chi connectivity index (χ0n) is 17.8. The summed E-state index contributed by atoms with van der Waals surface area (Å²) in [6.45, 7) is 6.51. The quantitative estimate of drug-likeness (QED) is 0.324. The van der Waals surface area contributed by atoms with Gasteiger partial charge in [0.2, 0.25) is 11.8 Å². The van der Waals surface area contributed by atoms with Crippen LogP contribution in [0.4, 0.5) is 5.69 Å². The van der Waals surface area contributed by atoms with Gasteiger partial charge in [-0.2, -0.15) is 0 Å². The second-order valence-electron chi connectivity index (χ2n) is 7.59. The number of oxazole rings is 1. The third-order valence-electron chi connectivity index (χ3n) is 5.24. The van der Waals surface area contributed by atoms with Crippen molar-refractivity contribution in [3.05, 3.63) is 48.0 Å². The van der Waals surface area contributed by atoms with Crippen LogP contribution in [-0.4, -0.2) is 16.0 Å². The highest BCUT2D eigenvalue weighted by molar-refractivity contribution is 7.80. The summed E-state index contributed by atoms with van der Waals surface area (Å²) in [4.78, 5) is 16.5. The van der Waals surface area contributed by atoms with E-state index in [9.17, 15) is 4.79 Å². The van der Waals surface area contributed by atoms with Crippen molar-refractivity contribution in [1.82, 2.24) is 10.3 Å². The van der Waals surface area contributed by atoms with Gasteiger partial charge in [-0.25, -0.2) is 4.98 Å². The summed E-state index contributed by atoms with van der Waals surface area (Å²) in [5.41, 5.74) is 4.61. The minimum absolute atomic E-state index is 0.0548. The Morgan fingerprint density at radius 2 is 1.90 bits per heavy atom. The minimum atomic E-state index is -0.0548. The highest BCUT2D eigenvalue weighted by Crippen LogP contribution is 2.28. The van der Waals surface area contributed by atoms with Crippen LogP contribution in [0, 0.1) is 0 Å². The number of amides is 1. The zero-order valence-corrected chi connectivity index (χ0v) is 18.6. The molecule has 0 unspecified atom stereocenters. The lowest BCUT2D eigenvalue weighted by atomic mass is 9.98. The average molecular weight is 424 g/mol. The standard InChI is InChI=1S/C24H29N3O2S/c1-4-6-7-8-22(28)27-24(30)25-19-12-9-17(10-13-19)23-26-20-15-18(16(3)5-2)11-14-21(20)29-23/h9-16H,4-8H2,1-3H3,(H2,25,27,28,30)/t16-/m1/s1. The third-order valence-corrected chi connectivity index (χ3v) is 5.45. The molecule has 0 saturated heterocycles. The largest absolute Gasteiger partial charge is 0.436 e. The number of fused-ring (bicyclic) bond motifs is 1. The maximum Gasteiger partial charge on any atom is 0.227 e. The van der Waals surface area contributed by atoms with E-state index < -0.39 is 0 Å². The number of aromatic nitrogens is 1. The summed E-state index contributed by atoms with van der Waals surface area (Å²) < 4.78 is 5.93. The maximum atomic E-state index is 11.9. The third kappa shape index (κ3) is 5.66. The number of rotatable bonds is 8. The molecule has 0 spiro atoms. The molecule has 1 aromatic heterocycles. The van der Waals surface area contributed by atoms with Crippen molar-refractivity contribution < 1.29 is 9.21 Å². The molecule has 158 valence electrons. The van der Waals surface area contributed by atoms with Gasteiger partial charge in [0.1, 0.15) is 5.52 Å². The van der Waals surface area contributed by atoms with Crippen molar-refractivity contribution >= 4 is 40.0 Å². The molecule has 2 N–H and O–H groups in total. The van der Waals surface area contributed by atoms with Crippen molar-refractivity contribution in [2.75, 3.05) is 5.32 Å². The first-order valence-corrected chi connectivity index (χ1v) is 11.0. The first-order valence-electron chi connectivity index (χ1n) is 10.6. The molecule has 0 bridgehead atoms. The fourth-order valence-corrected chi connectivity index (χ4v) is 3.43. The van der Waals surface area contributed by atoms with Gasteiger partial charge in [0.05, 0.1) is 0 Å². The number of nitrogens with zero attached hydrogens (tertiary/aromatic N) is 1. The highest BCUT2D eigenvalue weighted by atomic mass is 32.1. The number of thiocarbonyl (C=S) groups is 1. The van der Waals surface area contributed by atoms with Crippen molar-refractivity contribution in [1.29, 1.82) is 0 Å². The fourth-order valence-electron chi connectivity index (χ4n) is 3.19. The van der Waals surface area contributed by atoms with Gasteiger partial charge in [0, 0.05) is 17.7 Å². The van der Waals surface area contributed by atoms with Gasteiger partial charge in [0.15, 0.2) is 10.7 Å². The topological polar surface area (TPSA) is 67.2 Å². The summed E-state index contributed by atoms with van der Waals surface area (Å²) in [6, 6.07) is 13.8. The van der Waals surface area contributed by atoms with Gasteiger partial charge < -0.3 is 15.1 Å². The van der Waals surface area contributed by atoms with E-state index in [-0.39, 0.29) is 5.91 Å². The highest BCUT2D eigenvalue weighted by Gasteiger charge is 2.11. The van der Waals surface area contributed by atoms with Crippen molar-refractivity contribution in [2.24, 2.45) is 0 Å². The maximum absolute atomic E-state index is 11.9. The smallest absolute Gasteiger partial charge is 0.227 e. The molecule has 30 heavy (non-hydrogen) atoms. The Morgan fingerprint density at radius 1 is 1.13 bits per heavy atom. The van der Waals surface area contributed by atoms with E-state index in [2.05, 4.69) is 48.5 Å². The van der Waals surface area contributed by atoms with E-state index in [4.69, 9.17) is 16.6 Å². The Kier molecular flexibility index (Phi) is 7.57. The van der Waals surface area contributed by atoms with Crippen molar-refractivity contribution in [3.63, 3.8) is 0 Å². The van der Waals surface area contributed by atoms with E-state index >= 15 is 0 Å². The van der Waals surface area contributed by atoms with Crippen LogP contribution < -0.4 is 10.6 Å². The van der Waals surface area contributed by atoms with Gasteiger partial charge in [-0.05, 0) is 72.9 Å². The Hall–Kier alpha value is -2.73. The second-order valence-corrected chi connectivity index (χ2v) is 8.00. The Balaban J connectivity index is 1.64. The van der Waals surface area contributed by atoms with Gasteiger partial charge in [0.25, 0.3) is 0 Å². The number of benzene rings is 2. The Morgan fingerprint density at radius 3 is 2.60 bits per heavy atom. The number of hydrogen-bond donors (Lipinski definition) is 2. The van der Waals surface area contributed by atoms with E-state index in [0.717, 1.165) is 48.0 Å². The molecule has 3 rings (SSSR count). The molecule has 2 aromatic carbocycles. The molecule has 1 heterocycles. The van der Waals surface area contributed by atoms with Crippen LogP contribution >= 0.6 is 12.2 Å². The number of hydrogen-bond acceptors (Lipinski definition) is 4. The lowest BCUT2D eigenvalue weighted by molar-refractivity contribution is -0.119. The average Bonchev–Trinajstić information content (AvgIpc) is 3.17. The molecule has 1 atom stereocenters. The normalized spacial score (nSPS) is 12.0. The van der Waals surface area contributed by atoms with Crippen LogP contribution in [0.3, 0.4) is 0 Å². The van der Waals surface area contributed by atoms with E-state index in [1.54, 1.807) is 0 Å². The summed E-state index contributed by atoms with van der Waals surface area (Å²) in [5.74, 6) is 1.03. The van der Waals surface area contributed by atoms with Crippen LogP contribution in [0.5, 0.6) is 0 Å². The van der Waals surface area contributed by atoms with E-state index in [1.807, 2.05) is 30.3 Å². The number of unbranched alkanes of at least 4 members (excludes halogenated alkanes) is 2. The van der Waals surface area contributed by atoms with Crippen LogP contribution in [0.1, 0.15) is 64.4 Å². The van der Waals surface area contributed by atoms with E-state index in [1.165, 1.54) is 5.56 Å². The Labute approximate surface area is 183 Å². The molecule has 1 amide bonds. The summed E-state index contributed by atoms with van der Waals surface area (Å²) in [7, 11) is 0. The number of carbonyl (C=O) groups excluding carboxylic acids is 1. The first kappa shape index (κ1) is 22.0. The monoisotopic (exact) mass is 423 g/mol. The van der Waals surface area contributed by atoms with Gasteiger partial charge in [-0.3, -0.25) is 4.79 Å². The van der Waals surface area contributed by atoms with Crippen LogP contribution in [0.2, 0.25) is 0 Å². The number of anilines is 1.